The van der Waals surface area contributed by atoms with Gasteiger partial charge in [-0.1, -0.05) is 30.3 Å². The Kier molecular flexibility index (Phi) is 3.93. The quantitative estimate of drug-likeness (QED) is 0.746. The second kappa shape index (κ2) is 6.12. The summed E-state index contributed by atoms with van der Waals surface area (Å²) in [6, 6.07) is 12.9. The SMILES string of the molecule is O=c1[nH]nc([C@H]2CCCN(S(=O)(=O)c3ccc4ccccc4c3)C2)[nH]1. The van der Waals surface area contributed by atoms with Crippen LogP contribution in [0, 0.1) is 0 Å². The van der Waals surface area contributed by atoms with E-state index in [2.05, 4.69) is 15.2 Å². The molecule has 0 aliphatic carbocycles. The number of benzene rings is 2. The van der Waals surface area contributed by atoms with Crippen molar-refractivity contribution in [2.45, 2.75) is 23.7 Å². The first kappa shape index (κ1) is 16.0. The van der Waals surface area contributed by atoms with Crippen LogP contribution in [0.3, 0.4) is 0 Å². The van der Waals surface area contributed by atoms with Crippen molar-refractivity contribution in [2.24, 2.45) is 0 Å². The minimum absolute atomic E-state index is 0.108. The number of H-pyrrole nitrogens is 2. The van der Waals surface area contributed by atoms with E-state index in [1.807, 2.05) is 30.3 Å². The number of hydrogen-bond acceptors (Lipinski definition) is 4. The summed E-state index contributed by atoms with van der Waals surface area (Å²) in [6.07, 6.45) is 1.52. The average Bonchev–Trinajstić information content (AvgIpc) is 3.08. The number of aromatic nitrogens is 3. The molecule has 1 atom stereocenters. The van der Waals surface area contributed by atoms with Gasteiger partial charge in [-0.25, -0.2) is 18.3 Å². The Morgan fingerprint density at radius 2 is 1.92 bits per heavy atom. The van der Waals surface area contributed by atoms with Gasteiger partial charge in [0.15, 0.2) is 0 Å². The molecule has 0 radical (unpaired) electrons. The van der Waals surface area contributed by atoms with Crippen molar-refractivity contribution in [1.29, 1.82) is 0 Å². The molecule has 2 heterocycles. The van der Waals surface area contributed by atoms with Crippen LogP contribution in [0.25, 0.3) is 10.8 Å². The maximum absolute atomic E-state index is 13.0. The summed E-state index contributed by atoms with van der Waals surface area (Å²) in [5.41, 5.74) is -0.371. The predicted octanol–water partition coefficient (Wildman–Crippen LogP) is 1.82. The standard InChI is InChI=1S/C17H18N4O3S/c22-17-18-16(19-20-17)14-6-3-9-21(11-14)25(23,24)15-8-7-12-4-1-2-5-13(12)10-15/h1-2,4-5,7-8,10,14H,3,6,9,11H2,(H2,18,19,20,22)/t14-/m0/s1. The van der Waals surface area contributed by atoms with Crippen molar-refractivity contribution in [3.05, 3.63) is 58.8 Å². The Morgan fingerprint density at radius 1 is 1.12 bits per heavy atom. The molecule has 1 fully saturated rings. The van der Waals surface area contributed by atoms with Gasteiger partial charge in [-0.3, -0.25) is 4.98 Å². The fourth-order valence-electron chi connectivity index (χ4n) is 3.34. The molecule has 0 saturated carbocycles. The molecule has 1 aliphatic heterocycles. The Labute approximate surface area is 144 Å². The van der Waals surface area contributed by atoms with Gasteiger partial charge in [0.05, 0.1) is 4.90 Å². The Balaban J connectivity index is 1.65. The molecule has 3 aromatic rings. The topological polar surface area (TPSA) is 98.9 Å². The summed E-state index contributed by atoms with van der Waals surface area (Å²) in [7, 11) is -3.58. The first-order valence-electron chi connectivity index (χ1n) is 8.17. The number of fused-ring (bicyclic) bond motifs is 1. The van der Waals surface area contributed by atoms with Crippen LogP contribution in [0.4, 0.5) is 0 Å². The van der Waals surface area contributed by atoms with E-state index in [0.717, 1.165) is 23.6 Å². The van der Waals surface area contributed by atoms with Crippen LogP contribution in [-0.2, 0) is 10.0 Å². The largest absolute Gasteiger partial charge is 0.340 e. The second-order valence-corrected chi connectivity index (χ2v) is 8.21. The summed E-state index contributed by atoms with van der Waals surface area (Å²) < 4.78 is 27.6. The predicted molar refractivity (Wildman–Crippen MR) is 93.9 cm³/mol. The molecule has 8 heteroatoms. The zero-order valence-electron chi connectivity index (χ0n) is 13.5. The average molecular weight is 358 g/mol. The highest BCUT2D eigenvalue weighted by Gasteiger charge is 2.32. The molecule has 130 valence electrons. The number of rotatable bonds is 3. The van der Waals surface area contributed by atoms with Gasteiger partial charge in [0.2, 0.25) is 10.0 Å². The van der Waals surface area contributed by atoms with Crippen LogP contribution in [0.15, 0.2) is 52.2 Å². The molecule has 25 heavy (non-hydrogen) atoms. The second-order valence-electron chi connectivity index (χ2n) is 6.27. The first-order valence-corrected chi connectivity index (χ1v) is 9.61. The van der Waals surface area contributed by atoms with Crippen LogP contribution in [0.5, 0.6) is 0 Å². The number of aromatic amines is 2. The van der Waals surface area contributed by atoms with Gasteiger partial charge < -0.3 is 0 Å². The molecule has 0 amide bonds. The van der Waals surface area contributed by atoms with Gasteiger partial charge >= 0.3 is 5.69 Å². The van der Waals surface area contributed by atoms with Crippen molar-refractivity contribution >= 4 is 20.8 Å². The molecule has 2 aromatic carbocycles. The van der Waals surface area contributed by atoms with Crippen LogP contribution in [0.1, 0.15) is 24.6 Å². The molecular formula is C17H18N4O3S. The number of piperidine rings is 1. The lowest BCUT2D eigenvalue weighted by Gasteiger charge is -2.30. The normalized spacial score (nSPS) is 19.3. The number of nitrogens with one attached hydrogen (secondary N) is 2. The van der Waals surface area contributed by atoms with Gasteiger partial charge in [-0.2, -0.15) is 9.40 Å². The molecule has 0 bridgehead atoms. The van der Waals surface area contributed by atoms with E-state index < -0.39 is 10.0 Å². The van der Waals surface area contributed by atoms with Crippen molar-refractivity contribution in [2.75, 3.05) is 13.1 Å². The van der Waals surface area contributed by atoms with Crippen LogP contribution >= 0.6 is 0 Å². The van der Waals surface area contributed by atoms with E-state index in [0.29, 0.717) is 23.8 Å². The fourth-order valence-corrected chi connectivity index (χ4v) is 4.90. The van der Waals surface area contributed by atoms with Crippen LogP contribution in [0.2, 0.25) is 0 Å². The summed E-state index contributed by atoms with van der Waals surface area (Å²) >= 11 is 0. The first-order chi connectivity index (χ1) is 12.0. The maximum Gasteiger partial charge on any atom is 0.340 e. The monoisotopic (exact) mass is 358 g/mol. The van der Waals surface area contributed by atoms with Gasteiger partial charge in [-0.15, -0.1) is 0 Å². The number of hydrogen-bond donors (Lipinski definition) is 2. The molecule has 0 unspecified atom stereocenters. The van der Waals surface area contributed by atoms with E-state index in [-0.39, 0.29) is 11.6 Å². The molecule has 1 aliphatic rings. The Hall–Kier alpha value is -2.45. The van der Waals surface area contributed by atoms with Crippen LogP contribution in [-0.4, -0.2) is 41.0 Å². The number of nitrogens with zero attached hydrogens (tertiary/aromatic N) is 2. The highest BCUT2D eigenvalue weighted by Crippen LogP contribution is 2.29. The van der Waals surface area contributed by atoms with Gasteiger partial charge in [0.1, 0.15) is 5.82 Å². The van der Waals surface area contributed by atoms with Crippen molar-refractivity contribution in [3.63, 3.8) is 0 Å². The molecule has 4 rings (SSSR count). The van der Waals surface area contributed by atoms with Crippen molar-refractivity contribution in [1.82, 2.24) is 19.5 Å². The summed E-state index contributed by atoms with van der Waals surface area (Å²) in [4.78, 5) is 14.2. The lowest BCUT2D eigenvalue weighted by atomic mass is 9.99. The third-order valence-corrected chi connectivity index (χ3v) is 6.51. The maximum atomic E-state index is 13.0. The summed E-state index contributed by atoms with van der Waals surface area (Å²) in [5, 5.41) is 8.20. The third-order valence-electron chi connectivity index (χ3n) is 4.65. The van der Waals surface area contributed by atoms with Gasteiger partial charge in [0.25, 0.3) is 0 Å². The van der Waals surface area contributed by atoms with E-state index in [9.17, 15) is 13.2 Å². The Bertz CT molecular complexity index is 1070. The smallest absolute Gasteiger partial charge is 0.293 e. The fraction of sp³-hybridized carbons (Fsp3) is 0.294. The molecule has 2 N–H and O–H groups in total. The molecule has 1 saturated heterocycles. The Morgan fingerprint density at radius 3 is 2.68 bits per heavy atom. The molecule has 1 aromatic heterocycles. The lowest BCUT2D eigenvalue weighted by molar-refractivity contribution is 0.309. The summed E-state index contributed by atoms with van der Waals surface area (Å²) in [5.74, 6) is 0.409. The third kappa shape index (κ3) is 2.98. The minimum atomic E-state index is -3.58. The summed E-state index contributed by atoms with van der Waals surface area (Å²) in [6.45, 7) is 0.788. The van der Waals surface area contributed by atoms with Gasteiger partial charge in [-0.05, 0) is 35.7 Å². The van der Waals surface area contributed by atoms with Crippen molar-refractivity contribution < 1.29 is 8.42 Å². The van der Waals surface area contributed by atoms with Crippen LogP contribution < -0.4 is 5.69 Å². The van der Waals surface area contributed by atoms with E-state index >= 15 is 0 Å². The van der Waals surface area contributed by atoms with E-state index in [1.165, 1.54) is 4.31 Å². The molecule has 0 spiro atoms. The lowest BCUT2D eigenvalue weighted by Crippen LogP contribution is -2.39. The van der Waals surface area contributed by atoms with E-state index in [1.54, 1.807) is 12.1 Å². The highest BCUT2D eigenvalue weighted by molar-refractivity contribution is 7.89. The minimum Gasteiger partial charge on any atom is -0.293 e. The zero-order valence-corrected chi connectivity index (χ0v) is 14.3. The zero-order chi connectivity index (χ0) is 17.4. The van der Waals surface area contributed by atoms with Crippen molar-refractivity contribution in [3.8, 4) is 0 Å². The van der Waals surface area contributed by atoms with Gasteiger partial charge in [0, 0.05) is 19.0 Å². The highest BCUT2D eigenvalue weighted by atomic mass is 32.2. The number of sulfonamides is 1. The molecule has 7 nitrogen and oxygen atoms in total. The van der Waals surface area contributed by atoms with E-state index in [4.69, 9.17) is 0 Å². The molecular weight excluding hydrogens is 340 g/mol.